The number of rotatable bonds is 8. The van der Waals surface area contributed by atoms with Crippen LogP contribution in [0.25, 0.3) is 11.4 Å². The number of nitrogens with one attached hydrogen (secondary N) is 2. The van der Waals surface area contributed by atoms with Crippen molar-refractivity contribution in [1.82, 2.24) is 20.3 Å². The average molecular weight is 375 g/mol. The van der Waals surface area contributed by atoms with E-state index in [0.29, 0.717) is 36.3 Å². The summed E-state index contributed by atoms with van der Waals surface area (Å²) in [6, 6.07) is 15.2. The lowest BCUT2D eigenvalue weighted by Gasteiger charge is -2.11. The smallest absolute Gasteiger partial charge is 0.270 e. The summed E-state index contributed by atoms with van der Waals surface area (Å²) in [7, 11) is 0. The van der Waals surface area contributed by atoms with Crippen LogP contribution in [0, 0.1) is 5.92 Å². The van der Waals surface area contributed by atoms with Crippen molar-refractivity contribution < 1.29 is 4.79 Å². The third-order valence-corrected chi connectivity index (χ3v) is 4.22. The maximum absolute atomic E-state index is 12.6. The first-order valence-electron chi connectivity index (χ1n) is 9.47. The molecule has 0 aliphatic heterocycles. The van der Waals surface area contributed by atoms with Gasteiger partial charge in [0.15, 0.2) is 5.82 Å². The van der Waals surface area contributed by atoms with Crippen molar-refractivity contribution in [2.75, 3.05) is 11.9 Å². The SMILES string of the molecule is CC(C)CCNC(=O)c1cc(NCc2ccncc2)nc(-c2ccccc2)n1. The maximum atomic E-state index is 12.6. The molecule has 2 N–H and O–H groups in total. The molecule has 1 aromatic carbocycles. The van der Waals surface area contributed by atoms with Gasteiger partial charge >= 0.3 is 0 Å². The number of hydrogen-bond donors (Lipinski definition) is 2. The Labute approximate surface area is 165 Å². The molecule has 144 valence electrons. The van der Waals surface area contributed by atoms with Crippen molar-refractivity contribution in [1.29, 1.82) is 0 Å². The lowest BCUT2D eigenvalue weighted by atomic mass is 10.1. The Bertz CT molecular complexity index is 897. The topological polar surface area (TPSA) is 79.8 Å². The number of carbonyl (C=O) groups excluding carboxylic acids is 1. The Morgan fingerprint density at radius 2 is 1.79 bits per heavy atom. The Kier molecular flexibility index (Phi) is 6.68. The van der Waals surface area contributed by atoms with Crippen LogP contribution in [0.2, 0.25) is 0 Å². The maximum Gasteiger partial charge on any atom is 0.270 e. The van der Waals surface area contributed by atoms with E-state index in [-0.39, 0.29) is 5.91 Å². The molecule has 6 heteroatoms. The van der Waals surface area contributed by atoms with Gasteiger partial charge in [-0.15, -0.1) is 0 Å². The van der Waals surface area contributed by atoms with E-state index in [0.717, 1.165) is 17.5 Å². The minimum Gasteiger partial charge on any atom is -0.366 e. The Morgan fingerprint density at radius 3 is 2.50 bits per heavy atom. The second kappa shape index (κ2) is 9.60. The van der Waals surface area contributed by atoms with E-state index >= 15 is 0 Å². The monoisotopic (exact) mass is 375 g/mol. The predicted octanol–water partition coefficient (Wildman–Crippen LogP) is 3.93. The summed E-state index contributed by atoms with van der Waals surface area (Å²) in [5, 5.41) is 6.23. The lowest BCUT2D eigenvalue weighted by molar-refractivity contribution is 0.0947. The van der Waals surface area contributed by atoms with Gasteiger partial charge in [0.2, 0.25) is 0 Å². The molecule has 0 unspecified atom stereocenters. The molecular weight excluding hydrogens is 350 g/mol. The van der Waals surface area contributed by atoms with E-state index < -0.39 is 0 Å². The van der Waals surface area contributed by atoms with Gasteiger partial charge in [0.05, 0.1) is 0 Å². The zero-order chi connectivity index (χ0) is 19.8. The molecule has 28 heavy (non-hydrogen) atoms. The van der Waals surface area contributed by atoms with E-state index in [2.05, 4.69) is 39.4 Å². The summed E-state index contributed by atoms with van der Waals surface area (Å²) in [4.78, 5) is 25.7. The second-order valence-corrected chi connectivity index (χ2v) is 6.98. The summed E-state index contributed by atoms with van der Waals surface area (Å²) in [6.45, 7) is 5.47. The quantitative estimate of drug-likeness (QED) is 0.624. The highest BCUT2D eigenvalue weighted by Gasteiger charge is 2.13. The van der Waals surface area contributed by atoms with Crippen molar-refractivity contribution >= 4 is 11.7 Å². The van der Waals surface area contributed by atoms with Gasteiger partial charge in [-0.25, -0.2) is 9.97 Å². The van der Waals surface area contributed by atoms with Crippen LogP contribution in [0.4, 0.5) is 5.82 Å². The van der Waals surface area contributed by atoms with Crippen molar-refractivity contribution in [2.24, 2.45) is 5.92 Å². The van der Waals surface area contributed by atoms with Crippen LogP contribution >= 0.6 is 0 Å². The standard InChI is InChI=1S/C22H25N5O/c1-16(2)8-13-24-22(28)19-14-20(25-15-17-9-11-23-12-10-17)27-21(26-19)18-6-4-3-5-7-18/h3-7,9-12,14,16H,8,13,15H2,1-2H3,(H,24,28)(H,25,26,27). The minimum absolute atomic E-state index is 0.188. The number of hydrogen-bond acceptors (Lipinski definition) is 5. The average Bonchev–Trinajstić information content (AvgIpc) is 2.73. The molecule has 0 atom stereocenters. The fourth-order valence-electron chi connectivity index (χ4n) is 2.63. The number of benzene rings is 1. The molecule has 0 aliphatic rings. The van der Waals surface area contributed by atoms with Gasteiger partial charge in [0.1, 0.15) is 11.5 Å². The zero-order valence-electron chi connectivity index (χ0n) is 16.2. The number of anilines is 1. The number of amides is 1. The van der Waals surface area contributed by atoms with Crippen LogP contribution in [-0.2, 0) is 6.54 Å². The fourth-order valence-corrected chi connectivity index (χ4v) is 2.63. The van der Waals surface area contributed by atoms with Crippen LogP contribution < -0.4 is 10.6 Å². The molecule has 3 rings (SSSR count). The molecule has 0 saturated carbocycles. The molecule has 0 aliphatic carbocycles. The largest absolute Gasteiger partial charge is 0.366 e. The first-order chi connectivity index (χ1) is 13.6. The summed E-state index contributed by atoms with van der Waals surface area (Å²) < 4.78 is 0. The lowest BCUT2D eigenvalue weighted by Crippen LogP contribution is -2.26. The molecule has 0 saturated heterocycles. The number of carbonyl (C=O) groups is 1. The second-order valence-electron chi connectivity index (χ2n) is 6.98. The van der Waals surface area contributed by atoms with Crippen molar-refractivity contribution in [2.45, 2.75) is 26.8 Å². The first kappa shape index (κ1) is 19.5. The normalized spacial score (nSPS) is 10.7. The Morgan fingerprint density at radius 1 is 1.04 bits per heavy atom. The Hall–Kier alpha value is -3.28. The zero-order valence-corrected chi connectivity index (χ0v) is 16.2. The number of aromatic nitrogens is 3. The van der Waals surface area contributed by atoms with Gasteiger partial charge in [-0.05, 0) is 30.0 Å². The summed E-state index contributed by atoms with van der Waals surface area (Å²) in [5.41, 5.74) is 2.30. The molecule has 3 aromatic rings. The van der Waals surface area contributed by atoms with Crippen LogP contribution in [-0.4, -0.2) is 27.4 Å². The fraction of sp³-hybridized carbons (Fsp3) is 0.273. The first-order valence-corrected chi connectivity index (χ1v) is 9.47. The third kappa shape index (κ3) is 5.61. The molecule has 2 heterocycles. The molecule has 2 aromatic heterocycles. The van der Waals surface area contributed by atoms with Gasteiger partial charge in [0.25, 0.3) is 5.91 Å². The van der Waals surface area contributed by atoms with Crippen LogP contribution in [0.15, 0.2) is 60.9 Å². The van der Waals surface area contributed by atoms with E-state index in [9.17, 15) is 4.79 Å². The summed E-state index contributed by atoms with van der Waals surface area (Å²) >= 11 is 0. The molecule has 6 nitrogen and oxygen atoms in total. The molecule has 0 bridgehead atoms. The van der Waals surface area contributed by atoms with Crippen LogP contribution in [0.1, 0.15) is 36.3 Å². The number of nitrogens with zero attached hydrogens (tertiary/aromatic N) is 3. The van der Waals surface area contributed by atoms with Gasteiger partial charge in [0, 0.05) is 37.1 Å². The van der Waals surface area contributed by atoms with E-state index in [1.807, 2.05) is 42.5 Å². The highest BCUT2D eigenvalue weighted by atomic mass is 16.1. The minimum atomic E-state index is -0.188. The molecular formula is C22H25N5O. The van der Waals surface area contributed by atoms with Gasteiger partial charge in [-0.3, -0.25) is 9.78 Å². The highest BCUT2D eigenvalue weighted by Crippen LogP contribution is 2.18. The molecule has 0 fully saturated rings. The summed E-state index contributed by atoms with van der Waals surface area (Å²) in [6.07, 6.45) is 4.43. The van der Waals surface area contributed by atoms with Crippen molar-refractivity contribution in [3.05, 3.63) is 72.2 Å². The van der Waals surface area contributed by atoms with E-state index in [1.54, 1.807) is 18.5 Å². The van der Waals surface area contributed by atoms with Crippen LogP contribution in [0.3, 0.4) is 0 Å². The van der Waals surface area contributed by atoms with Crippen molar-refractivity contribution in [3.8, 4) is 11.4 Å². The molecule has 0 spiro atoms. The summed E-state index contributed by atoms with van der Waals surface area (Å²) in [5.74, 6) is 1.48. The third-order valence-electron chi connectivity index (χ3n) is 4.22. The van der Waals surface area contributed by atoms with Gasteiger partial charge in [-0.1, -0.05) is 44.2 Å². The molecule has 0 radical (unpaired) electrons. The number of pyridine rings is 1. The predicted molar refractivity (Wildman–Crippen MR) is 111 cm³/mol. The van der Waals surface area contributed by atoms with Crippen molar-refractivity contribution in [3.63, 3.8) is 0 Å². The van der Waals surface area contributed by atoms with Gasteiger partial charge in [-0.2, -0.15) is 0 Å². The van der Waals surface area contributed by atoms with Gasteiger partial charge < -0.3 is 10.6 Å². The van der Waals surface area contributed by atoms with Crippen LogP contribution in [0.5, 0.6) is 0 Å². The molecule has 1 amide bonds. The highest BCUT2D eigenvalue weighted by molar-refractivity contribution is 5.93. The Balaban J connectivity index is 1.82. The van der Waals surface area contributed by atoms with E-state index in [4.69, 9.17) is 0 Å². The van der Waals surface area contributed by atoms with E-state index in [1.165, 1.54) is 0 Å².